The van der Waals surface area contributed by atoms with E-state index in [-0.39, 0.29) is 23.1 Å². The number of rotatable bonds is 3. The van der Waals surface area contributed by atoms with Gasteiger partial charge in [-0.15, -0.1) is 0 Å². The lowest BCUT2D eigenvalue weighted by atomic mass is 9.91. The molecule has 0 heterocycles. The van der Waals surface area contributed by atoms with E-state index in [2.05, 4.69) is 5.16 Å². The van der Waals surface area contributed by atoms with Crippen LogP contribution in [0.3, 0.4) is 0 Å². The number of halogens is 2. The summed E-state index contributed by atoms with van der Waals surface area (Å²) >= 11 is 0. The monoisotopic (exact) mass is 299 g/mol. The van der Waals surface area contributed by atoms with Crippen LogP contribution in [0.25, 0.3) is 0 Å². The van der Waals surface area contributed by atoms with Crippen molar-refractivity contribution in [1.82, 2.24) is 0 Å². The van der Waals surface area contributed by atoms with E-state index in [0.29, 0.717) is 12.8 Å². The molecule has 0 aromatic heterocycles. The van der Waals surface area contributed by atoms with Crippen LogP contribution in [0, 0.1) is 11.6 Å². The zero-order chi connectivity index (χ0) is 15.6. The minimum absolute atomic E-state index is 0.0335. The maximum absolute atomic E-state index is 14.2. The van der Waals surface area contributed by atoms with Crippen molar-refractivity contribution in [1.29, 1.82) is 0 Å². The van der Waals surface area contributed by atoms with Gasteiger partial charge in [0.1, 0.15) is 17.3 Å². The van der Waals surface area contributed by atoms with Crippen LogP contribution in [0.1, 0.15) is 31.2 Å². The standard InChI is InChI=1S/C14H19F2N3O2/c1-19(11-4-2-3-5-12(11)20)13-9(15)6-8(7-10(13)16)14(17)18-21/h6-7,11-12,20-21H,2-5H2,1H3,(H2,17,18). The fourth-order valence-electron chi connectivity index (χ4n) is 2.82. The number of benzene rings is 1. The lowest BCUT2D eigenvalue weighted by Gasteiger charge is -2.36. The summed E-state index contributed by atoms with van der Waals surface area (Å²) in [5.41, 5.74) is 5.09. The number of aliphatic hydroxyl groups is 1. The molecular formula is C14H19F2N3O2. The van der Waals surface area contributed by atoms with Crippen molar-refractivity contribution in [2.24, 2.45) is 10.9 Å². The van der Waals surface area contributed by atoms with Gasteiger partial charge in [-0.2, -0.15) is 0 Å². The molecule has 1 fully saturated rings. The lowest BCUT2D eigenvalue weighted by molar-refractivity contribution is 0.105. The lowest BCUT2D eigenvalue weighted by Crippen LogP contribution is -2.44. The summed E-state index contributed by atoms with van der Waals surface area (Å²) < 4.78 is 28.4. The number of aliphatic hydroxyl groups excluding tert-OH is 1. The van der Waals surface area contributed by atoms with Crippen LogP contribution < -0.4 is 10.6 Å². The van der Waals surface area contributed by atoms with Crippen molar-refractivity contribution in [2.75, 3.05) is 11.9 Å². The van der Waals surface area contributed by atoms with E-state index < -0.39 is 17.7 Å². The number of oxime groups is 1. The van der Waals surface area contributed by atoms with Gasteiger partial charge in [0, 0.05) is 12.6 Å². The fourth-order valence-corrected chi connectivity index (χ4v) is 2.82. The van der Waals surface area contributed by atoms with Gasteiger partial charge in [-0.1, -0.05) is 18.0 Å². The Labute approximate surface area is 121 Å². The van der Waals surface area contributed by atoms with E-state index in [4.69, 9.17) is 10.9 Å². The molecular weight excluding hydrogens is 280 g/mol. The van der Waals surface area contributed by atoms with Crippen LogP contribution in [0.4, 0.5) is 14.5 Å². The minimum atomic E-state index is -0.808. The van der Waals surface area contributed by atoms with Gasteiger partial charge in [0.25, 0.3) is 0 Å². The third kappa shape index (κ3) is 3.07. The Morgan fingerprint density at radius 1 is 1.29 bits per heavy atom. The van der Waals surface area contributed by atoms with Crippen molar-refractivity contribution >= 4 is 11.5 Å². The highest BCUT2D eigenvalue weighted by atomic mass is 19.1. The third-order valence-electron chi connectivity index (χ3n) is 3.96. The molecule has 0 spiro atoms. The van der Waals surface area contributed by atoms with Gasteiger partial charge in [0.2, 0.25) is 0 Å². The van der Waals surface area contributed by atoms with Crippen molar-refractivity contribution in [3.8, 4) is 0 Å². The molecule has 0 radical (unpaired) electrons. The van der Waals surface area contributed by atoms with Crippen LogP contribution in [-0.2, 0) is 0 Å². The predicted molar refractivity (Wildman–Crippen MR) is 75.5 cm³/mol. The van der Waals surface area contributed by atoms with Crippen molar-refractivity contribution in [2.45, 2.75) is 37.8 Å². The second-order valence-electron chi connectivity index (χ2n) is 5.30. The number of hydrogen-bond acceptors (Lipinski definition) is 4. The Kier molecular flexibility index (Phi) is 4.62. The van der Waals surface area contributed by atoms with Crippen LogP contribution in [0.2, 0.25) is 0 Å². The molecule has 2 unspecified atom stereocenters. The Hall–Kier alpha value is -1.89. The van der Waals surface area contributed by atoms with Crippen molar-refractivity contribution in [3.63, 3.8) is 0 Å². The summed E-state index contributed by atoms with van der Waals surface area (Å²) in [6.07, 6.45) is 2.53. The largest absolute Gasteiger partial charge is 0.409 e. The van der Waals surface area contributed by atoms with Crippen LogP contribution in [0.15, 0.2) is 17.3 Å². The zero-order valence-electron chi connectivity index (χ0n) is 11.8. The highest BCUT2D eigenvalue weighted by molar-refractivity contribution is 5.97. The Morgan fingerprint density at radius 3 is 2.38 bits per heavy atom. The van der Waals surface area contributed by atoms with Gasteiger partial charge in [-0.3, -0.25) is 0 Å². The first-order valence-corrected chi connectivity index (χ1v) is 6.83. The number of anilines is 1. The highest BCUT2D eigenvalue weighted by Gasteiger charge is 2.30. The summed E-state index contributed by atoms with van der Waals surface area (Å²) in [6.45, 7) is 0. The molecule has 0 aliphatic heterocycles. The van der Waals surface area contributed by atoms with E-state index in [1.807, 2.05) is 0 Å². The van der Waals surface area contributed by atoms with Crippen molar-refractivity contribution < 1.29 is 19.1 Å². The summed E-state index contributed by atoms with van der Waals surface area (Å²) in [7, 11) is 1.56. The first-order chi connectivity index (χ1) is 9.95. The average molecular weight is 299 g/mol. The summed E-state index contributed by atoms with van der Waals surface area (Å²) in [5, 5.41) is 21.3. The Bertz CT molecular complexity index is 528. The first kappa shape index (κ1) is 15.5. The van der Waals surface area contributed by atoms with Gasteiger partial charge < -0.3 is 20.9 Å². The molecule has 1 saturated carbocycles. The quantitative estimate of drug-likeness (QED) is 0.344. The van der Waals surface area contributed by atoms with E-state index in [1.165, 1.54) is 4.90 Å². The summed E-state index contributed by atoms with van der Waals surface area (Å²) in [4.78, 5) is 1.44. The molecule has 1 aliphatic rings. The van der Waals surface area contributed by atoms with Gasteiger partial charge >= 0.3 is 0 Å². The SMILES string of the molecule is CN(c1c(F)cc(C(N)=NO)cc1F)C1CCCCC1O. The topological polar surface area (TPSA) is 82.1 Å². The number of likely N-dealkylation sites (N-methyl/N-ethyl adjacent to an activating group) is 1. The normalized spacial score (nSPS) is 23.1. The van der Waals surface area contributed by atoms with Gasteiger partial charge in [0.15, 0.2) is 5.84 Å². The van der Waals surface area contributed by atoms with Gasteiger partial charge in [-0.25, -0.2) is 8.78 Å². The van der Waals surface area contributed by atoms with Crippen LogP contribution in [-0.4, -0.2) is 35.3 Å². The summed E-state index contributed by atoms with van der Waals surface area (Å²) in [6, 6.07) is 1.70. The number of amidine groups is 1. The maximum atomic E-state index is 14.2. The van der Waals surface area contributed by atoms with Gasteiger partial charge in [-0.05, 0) is 25.0 Å². The molecule has 2 atom stereocenters. The Balaban J connectivity index is 2.35. The molecule has 4 N–H and O–H groups in total. The zero-order valence-corrected chi connectivity index (χ0v) is 11.8. The molecule has 5 nitrogen and oxygen atoms in total. The number of hydrogen-bond donors (Lipinski definition) is 3. The molecule has 0 bridgehead atoms. The molecule has 21 heavy (non-hydrogen) atoms. The van der Waals surface area contributed by atoms with Crippen LogP contribution in [0.5, 0.6) is 0 Å². The second-order valence-corrected chi connectivity index (χ2v) is 5.30. The molecule has 7 heteroatoms. The molecule has 0 amide bonds. The predicted octanol–water partition coefficient (Wildman–Crippen LogP) is 1.80. The number of nitrogens with zero attached hydrogens (tertiary/aromatic N) is 2. The molecule has 0 saturated heterocycles. The third-order valence-corrected chi connectivity index (χ3v) is 3.96. The van der Waals surface area contributed by atoms with E-state index in [9.17, 15) is 13.9 Å². The van der Waals surface area contributed by atoms with E-state index in [0.717, 1.165) is 25.0 Å². The fraction of sp³-hybridized carbons (Fsp3) is 0.500. The second kappa shape index (κ2) is 6.26. The highest BCUT2D eigenvalue weighted by Crippen LogP contribution is 2.30. The molecule has 1 aromatic rings. The molecule has 2 rings (SSSR count). The Morgan fingerprint density at radius 2 is 1.86 bits per heavy atom. The van der Waals surface area contributed by atoms with E-state index in [1.54, 1.807) is 7.05 Å². The van der Waals surface area contributed by atoms with E-state index >= 15 is 0 Å². The molecule has 1 aliphatic carbocycles. The van der Waals surface area contributed by atoms with Gasteiger partial charge in [0.05, 0.1) is 12.1 Å². The average Bonchev–Trinajstić information content (AvgIpc) is 2.45. The molecule has 116 valence electrons. The van der Waals surface area contributed by atoms with Crippen LogP contribution >= 0.6 is 0 Å². The smallest absolute Gasteiger partial charge is 0.170 e. The maximum Gasteiger partial charge on any atom is 0.170 e. The summed E-state index contributed by atoms with van der Waals surface area (Å²) in [5.74, 6) is -1.98. The van der Waals surface area contributed by atoms with Crippen molar-refractivity contribution in [3.05, 3.63) is 29.3 Å². The molecule has 1 aromatic carbocycles. The number of nitrogens with two attached hydrogens (primary N) is 1. The minimum Gasteiger partial charge on any atom is -0.409 e. The first-order valence-electron chi connectivity index (χ1n) is 6.83.